The average molecular weight is 384 g/mol. The number of benzene rings is 2. The van der Waals surface area contributed by atoms with Crippen LogP contribution in [0.5, 0.6) is 0 Å². The normalized spacial score (nSPS) is 12.0. The third kappa shape index (κ3) is 3.91. The molecule has 0 spiro atoms. The first-order chi connectivity index (χ1) is 13.3. The Kier molecular flexibility index (Phi) is 5.23. The van der Waals surface area contributed by atoms with E-state index in [1.54, 1.807) is 29.0 Å². The maximum atomic E-state index is 13.0. The van der Waals surface area contributed by atoms with Crippen molar-refractivity contribution in [2.75, 3.05) is 7.11 Å². The van der Waals surface area contributed by atoms with Crippen LogP contribution in [-0.4, -0.2) is 17.6 Å². The number of carbonyl (C=O) groups is 1. The number of fused-ring (bicyclic) bond motifs is 1. The monoisotopic (exact) mass is 384 g/mol. The van der Waals surface area contributed by atoms with Crippen molar-refractivity contribution in [3.05, 3.63) is 77.0 Å². The fraction of sp³-hybridized carbons (Fsp3) is 0.143. The molecule has 2 aromatic carbocycles. The third-order valence-electron chi connectivity index (χ3n) is 4.25. The first-order valence-electron chi connectivity index (χ1n) is 8.27. The minimum atomic E-state index is -4.41. The van der Waals surface area contributed by atoms with Gasteiger partial charge in [-0.05, 0) is 29.8 Å². The summed E-state index contributed by atoms with van der Waals surface area (Å²) >= 11 is 0. The number of carbonyl (C=O) groups excluding carboxylic acids is 1. The molecular weight excluding hydrogens is 369 g/mol. The molecule has 4 nitrogen and oxygen atoms in total. The largest absolute Gasteiger partial charge is 0.465 e. The summed E-state index contributed by atoms with van der Waals surface area (Å²) in [6.07, 6.45) is -1.30. The zero-order valence-corrected chi connectivity index (χ0v) is 14.8. The van der Waals surface area contributed by atoms with Crippen LogP contribution < -0.4 is 0 Å². The van der Waals surface area contributed by atoms with Gasteiger partial charge >= 0.3 is 12.1 Å². The molecule has 0 fully saturated rings. The molecule has 0 radical (unpaired) electrons. The quantitative estimate of drug-likeness (QED) is 0.369. The molecule has 0 saturated heterocycles. The maximum Gasteiger partial charge on any atom is 0.416 e. The van der Waals surface area contributed by atoms with Crippen molar-refractivity contribution in [3.8, 4) is 6.07 Å². The highest BCUT2D eigenvalue weighted by molar-refractivity contribution is 6.01. The topological polar surface area (TPSA) is 55.0 Å². The van der Waals surface area contributed by atoms with E-state index in [1.807, 2.05) is 18.2 Å². The molecule has 3 aromatic rings. The van der Waals surface area contributed by atoms with Gasteiger partial charge in [0.25, 0.3) is 0 Å². The summed E-state index contributed by atoms with van der Waals surface area (Å²) in [6.45, 7) is 0.207. The Labute approximate surface area is 159 Å². The second-order valence-corrected chi connectivity index (χ2v) is 6.09. The molecule has 0 N–H and O–H groups in total. The van der Waals surface area contributed by atoms with Crippen molar-refractivity contribution in [3.63, 3.8) is 0 Å². The van der Waals surface area contributed by atoms with Gasteiger partial charge < -0.3 is 9.30 Å². The van der Waals surface area contributed by atoms with Crippen LogP contribution in [-0.2, 0) is 22.3 Å². The van der Waals surface area contributed by atoms with Gasteiger partial charge in [0.05, 0.1) is 12.7 Å². The number of alkyl halides is 3. The fourth-order valence-electron chi connectivity index (χ4n) is 2.97. The van der Waals surface area contributed by atoms with E-state index < -0.39 is 17.7 Å². The summed E-state index contributed by atoms with van der Waals surface area (Å²) in [7, 11) is 1.18. The van der Waals surface area contributed by atoms with Gasteiger partial charge in [0, 0.05) is 29.2 Å². The summed E-state index contributed by atoms with van der Waals surface area (Å²) < 4.78 is 45.3. The number of hydrogen-bond donors (Lipinski definition) is 0. The van der Waals surface area contributed by atoms with Crippen LogP contribution in [0.2, 0.25) is 0 Å². The van der Waals surface area contributed by atoms with Gasteiger partial charge in [-0.3, -0.25) is 0 Å². The number of aromatic nitrogens is 1. The number of rotatable bonds is 4. The van der Waals surface area contributed by atoms with Crippen LogP contribution in [0.3, 0.4) is 0 Å². The number of methoxy groups -OCH3 is 1. The number of ether oxygens (including phenoxy) is 1. The van der Waals surface area contributed by atoms with Crippen molar-refractivity contribution < 1.29 is 22.7 Å². The molecule has 0 aliphatic heterocycles. The molecule has 0 atom stereocenters. The summed E-state index contributed by atoms with van der Waals surface area (Å²) in [6, 6.07) is 14.2. The molecule has 7 heteroatoms. The van der Waals surface area contributed by atoms with Gasteiger partial charge in [-0.15, -0.1) is 0 Å². The lowest BCUT2D eigenvalue weighted by Gasteiger charge is -2.10. The lowest BCUT2D eigenvalue weighted by atomic mass is 10.1. The second kappa shape index (κ2) is 7.61. The van der Waals surface area contributed by atoms with Crippen molar-refractivity contribution in [1.82, 2.24) is 4.57 Å². The lowest BCUT2D eigenvalue weighted by Crippen LogP contribution is -2.06. The predicted molar refractivity (Wildman–Crippen MR) is 98.1 cm³/mol. The summed E-state index contributed by atoms with van der Waals surface area (Å²) in [5.74, 6) is -0.753. The van der Waals surface area contributed by atoms with Gasteiger partial charge in [-0.25, -0.2) is 4.79 Å². The lowest BCUT2D eigenvalue weighted by molar-refractivity contribution is -0.137. The summed E-state index contributed by atoms with van der Waals surface area (Å²) in [4.78, 5) is 11.7. The van der Waals surface area contributed by atoms with E-state index in [0.29, 0.717) is 11.1 Å². The molecule has 0 amide bonds. The van der Waals surface area contributed by atoms with Crippen LogP contribution in [0.4, 0.5) is 13.2 Å². The molecule has 0 unspecified atom stereocenters. The zero-order valence-electron chi connectivity index (χ0n) is 14.8. The van der Waals surface area contributed by atoms with Gasteiger partial charge in [0.2, 0.25) is 0 Å². The number of para-hydroxylation sites is 1. The molecule has 0 saturated carbocycles. The Morgan fingerprint density at radius 3 is 2.64 bits per heavy atom. The molecular formula is C21H15F3N2O2. The minimum absolute atomic E-state index is 0.163. The summed E-state index contributed by atoms with van der Waals surface area (Å²) in [5.41, 5.74) is 0.987. The minimum Gasteiger partial charge on any atom is -0.465 e. The smallest absolute Gasteiger partial charge is 0.416 e. The Balaban J connectivity index is 2.06. The van der Waals surface area contributed by atoms with Gasteiger partial charge in [0.1, 0.15) is 11.6 Å². The van der Waals surface area contributed by atoms with Gasteiger partial charge in [-0.1, -0.05) is 30.3 Å². The number of nitrogens with zero attached hydrogens (tertiary/aromatic N) is 2. The first-order valence-corrected chi connectivity index (χ1v) is 8.27. The SMILES string of the molecule is COC(=O)/C(C#N)=C\c1cn(Cc2cccc(C(F)(F)F)c2)c2ccccc12. The average Bonchev–Trinajstić information content (AvgIpc) is 3.02. The standard InChI is InChI=1S/C21H15F3N2O2/c1-28-20(27)15(11-25)10-16-13-26(19-8-3-2-7-18(16)19)12-14-5-4-6-17(9-14)21(22,23)24/h2-10,13H,12H2,1H3/b15-10-. The molecule has 142 valence electrons. The highest BCUT2D eigenvalue weighted by Crippen LogP contribution is 2.30. The molecule has 1 heterocycles. The van der Waals surface area contributed by atoms with Crippen molar-refractivity contribution in [2.45, 2.75) is 12.7 Å². The molecule has 0 bridgehead atoms. The first kappa shape index (κ1) is 19.2. The molecule has 28 heavy (non-hydrogen) atoms. The zero-order chi connectivity index (χ0) is 20.3. The van der Waals surface area contributed by atoms with Gasteiger partial charge in [0.15, 0.2) is 0 Å². The predicted octanol–water partition coefficient (Wildman–Crippen LogP) is 4.79. The van der Waals surface area contributed by atoms with E-state index in [2.05, 4.69) is 4.74 Å². The second-order valence-electron chi connectivity index (χ2n) is 6.09. The highest BCUT2D eigenvalue weighted by Gasteiger charge is 2.30. The molecule has 0 aliphatic carbocycles. The van der Waals surface area contributed by atoms with E-state index in [0.717, 1.165) is 23.0 Å². The van der Waals surface area contributed by atoms with Crippen molar-refractivity contribution in [1.29, 1.82) is 5.26 Å². The summed E-state index contributed by atoms with van der Waals surface area (Å²) in [5, 5.41) is 9.95. The van der Waals surface area contributed by atoms with Crippen LogP contribution in [0.15, 0.2) is 60.3 Å². The van der Waals surface area contributed by atoms with E-state index in [-0.39, 0.29) is 12.1 Å². The third-order valence-corrected chi connectivity index (χ3v) is 4.25. The molecule has 1 aromatic heterocycles. The Hall–Kier alpha value is -3.53. The number of hydrogen-bond acceptors (Lipinski definition) is 3. The number of nitriles is 1. The molecule has 0 aliphatic rings. The Morgan fingerprint density at radius 1 is 1.21 bits per heavy atom. The number of halogens is 3. The van der Waals surface area contributed by atoms with Crippen LogP contribution >= 0.6 is 0 Å². The van der Waals surface area contributed by atoms with E-state index in [1.165, 1.54) is 19.3 Å². The van der Waals surface area contributed by atoms with E-state index in [9.17, 15) is 23.2 Å². The van der Waals surface area contributed by atoms with E-state index >= 15 is 0 Å². The van der Waals surface area contributed by atoms with Crippen LogP contribution in [0.25, 0.3) is 17.0 Å². The maximum absolute atomic E-state index is 13.0. The number of esters is 1. The van der Waals surface area contributed by atoms with Gasteiger partial charge in [-0.2, -0.15) is 18.4 Å². The fourth-order valence-corrected chi connectivity index (χ4v) is 2.97. The van der Waals surface area contributed by atoms with Crippen molar-refractivity contribution in [2.24, 2.45) is 0 Å². The Morgan fingerprint density at radius 2 is 1.96 bits per heavy atom. The highest BCUT2D eigenvalue weighted by atomic mass is 19.4. The molecule has 3 rings (SSSR count). The van der Waals surface area contributed by atoms with E-state index in [4.69, 9.17) is 0 Å². The van der Waals surface area contributed by atoms with Crippen LogP contribution in [0.1, 0.15) is 16.7 Å². The van der Waals surface area contributed by atoms with Crippen molar-refractivity contribution >= 4 is 22.9 Å². The van der Waals surface area contributed by atoms with Crippen LogP contribution in [0, 0.1) is 11.3 Å². The Bertz CT molecular complexity index is 1100.